The summed E-state index contributed by atoms with van der Waals surface area (Å²) in [7, 11) is 0. The van der Waals surface area contributed by atoms with Crippen LogP contribution in [0.1, 0.15) is 29.8 Å². The van der Waals surface area contributed by atoms with Crippen molar-refractivity contribution in [2.75, 3.05) is 19.6 Å². The second-order valence-corrected chi connectivity index (χ2v) is 5.37. The highest BCUT2D eigenvalue weighted by atomic mass is 79.9. The molecule has 102 valence electrons. The van der Waals surface area contributed by atoms with Gasteiger partial charge in [-0.1, -0.05) is 0 Å². The molecule has 19 heavy (non-hydrogen) atoms. The summed E-state index contributed by atoms with van der Waals surface area (Å²) < 4.78 is 0.844. The van der Waals surface area contributed by atoms with Crippen LogP contribution in [0.15, 0.2) is 22.8 Å². The van der Waals surface area contributed by atoms with Gasteiger partial charge in [-0.15, -0.1) is 0 Å². The Bertz CT molecular complexity index is 461. The first-order chi connectivity index (χ1) is 9.16. The van der Waals surface area contributed by atoms with E-state index >= 15 is 0 Å². The number of amides is 2. The second kappa shape index (κ2) is 6.65. The lowest BCUT2D eigenvalue weighted by Gasteiger charge is -2.15. The Morgan fingerprint density at radius 2 is 2.32 bits per heavy atom. The van der Waals surface area contributed by atoms with E-state index in [2.05, 4.69) is 26.2 Å². The molecule has 2 amide bonds. The van der Waals surface area contributed by atoms with Crippen molar-refractivity contribution in [2.24, 2.45) is 0 Å². The van der Waals surface area contributed by atoms with Gasteiger partial charge in [-0.05, 0) is 40.9 Å². The number of nitrogens with zero attached hydrogens (tertiary/aromatic N) is 2. The molecular weight excluding hydrogens is 310 g/mol. The lowest BCUT2D eigenvalue weighted by molar-refractivity contribution is -0.127. The molecule has 5 nitrogen and oxygen atoms in total. The van der Waals surface area contributed by atoms with Crippen LogP contribution in [0, 0.1) is 0 Å². The molecule has 0 aliphatic carbocycles. The summed E-state index contributed by atoms with van der Waals surface area (Å²) in [6.07, 6.45) is 3.98. The molecule has 0 spiro atoms. The van der Waals surface area contributed by atoms with Crippen LogP contribution in [-0.2, 0) is 4.79 Å². The Morgan fingerprint density at radius 3 is 2.95 bits per heavy atom. The van der Waals surface area contributed by atoms with Crippen LogP contribution < -0.4 is 5.32 Å². The van der Waals surface area contributed by atoms with E-state index in [9.17, 15) is 9.59 Å². The summed E-state index contributed by atoms with van der Waals surface area (Å²) in [5.74, 6) is 0.0427. The third-order valence-corrected chi connectivity index (χ3v) is 3.49. The van der Waals surface area contributed by atoms with Gasteiger partial charge in [0.15, 0.2) is 0 Å². The number of nitrogens with one attached hydrogen (secondary N) is 1. The predicted molar refractivity (Wildman–Crippen MR) is 74.7 cm³/mol. The zero-order chi connectivity index (χ0) is 13.7. The number of likely N-dealkylation sites (tertiary alicyclic amines) is 1. The number of hydrogen-bond acceptors (Lipinski definition) is 3. The molecule has 1 aromatic rings. The molecule has 1 saturated heterocycles. The number of hydrogen-bond donors (Lipinski definition) is 1. The number of carbonyl (C=O) groups excluding carboxylic acids is 2. The first-order valence-corrected chi connectivity index (χ1v) is 7.13. The van der Waals surface area contributed by atoms with Gasteiger partial charge in [0.05, 0.1) is 0 Å². The lowest BCUT2D eigenvalue weighted by Crippen LogP contribution is -2.30. The van der Waals surface area contributed by atoms with Gasteiger partial charge in [0.1, 0.15) is 5.69 Å². The summed E-state index contributed by atoms with van der Waals surface area (Å²) in [5, 5.41) is 2.80. The van der Waals surface area contributed by atoms with Crippen molar-refractivity contribution in [2.45, 2.75) is 19.3 Å². The zero-order valence-corrected chi connectivity index (χ0v) is 12.1. The van der Waals surface area contributed by atoms with Gasteiger partial charge in [-0.2, -0.15) is 0 Å². The Kier molecular flexibility index (Phi) is 4.90. The van der Waals surface area contributed by atoms with Gasteiger partial charge >= 0.3 is 0 Å². The Balaban J connectivity index is 1.69. The average Bonchev–Trinajstić information content (AvgIpc) is 2.81. The largest absolute Gasteiger partial charge is 0.351 e. The fraction of sp³-hybridized carbons (Fsp3) is 0.462. The maximum absolute atomic E-state index is 11.7. The van der Waals surface area contributed by atoms with Gasteiger partial charge in [-0.3, -0.25) is 9.59 Å². The van der Waals surface area contributed by atoms with E-state index < -0.39 is 0 Å². The van der Waals surface area contributed by atoms with E-state index in [0.717, 1.165) is 23.9 Å². The molecule has 0 unspecified atom stereocenters. The minimum Gasteiger partial charge on any atom is -0.351 e. The van der Waals surface area contributed by atoms with E-state index in [1.165, 1.54) is 0 Å². The molecule has 1 aromatic heterocycles. The molecule has 6 heteroatoms. The zero-order valence-electron chi connectivity index (χ0n) is 10.6. The van der Waals surface area contributed by atoms with Crippen molar-refractivity contribution in [1.82, 2.24) is 15.2 Å². The molecule has 2 rings (SSSR count). The third-order valence-electron chi connectivity index (χ3n) is 3.02. The van der Waals surface area contributed by atoms with Gasteiger partial charge in [0, 0.05) is 36.7 Å². The topological polar surface area (TPSA) is 62.3 Å². The highest BCUT2D eigenvalue weighted by Gasteiger charge is 2.19. The van der Waals surface area contributed by atoms with E-state index in [0.29, 0.717) is 25.2 Å². The Morgan fingerprint density at radius 1 is 1.47 bits per heavy atom. The molecule has 2 heterocycles. The first kappa shape index (κ1) is 14.0. The lowest BCUT2D eigenvalue weighted by atomic mass is 10.3. The van der Waals surface area contributed by atoms with Crippen LogP contribution in [0.2, 0.25) is 0 Å². The Hall–Kier alpha value is -1.43. The highest BCUT2D eigenvalue weighted by Crippen LogP contribution is 2.09. The smallest absolute Gasteiger partial charge is 0.269 e. The average molecular weight is 326 g/mol. The first-order valence-electron chi connectivity index (χ1n) is 6.34. The second-order valence-electron chi connectivity index (χ2n) is 4.46. The van der Waals surface area contributed by atoms with Crippen molar-refractivity contribution in [1.29, 1.82) is 0 Å². The number of halogens is 1. The summed E-state index contributed by atoms with van der Waals surface area (Å²) >= 11 is 3.27. The van der Waals surface area contributed by atoms with Crippen molar-refractivity contribution >= 4 is 27.7 Å². The summed E-state index contributed by atoms with van der Waals surface area (Å²) in [5.41, 5.74) is 0.403. The van der Waals surface area contributed by atoms with Gasteiger partial charge in [0.25, 0.3) is 5.91 Å². The number of aromatic nitrogens is 1. The predicted octanol–water partition coefficient (Wildman–Crippen LogP) is 1.59. The molecule has 1 N–H and O–H groups in total. The third kappa shape index (κ3) is 4.02. The molecule has 0 bridgehead atoms. The molecule has 0 aromatic carbocycles. The molecular formula is C13H16BrN3O2. The maximum Gasteiger partial charge on any atom is 0.269 e. The monoisotopic (exact) mass is 325 g/mol. The fourth-order valence-electron chi connectivity index (χ4n) is 2.01. The molecule has 1 aliphatic rings. The van der Waals surface area contributed by atoms with Crippen LogP contribution >= 0.6 is 15.9 Å². The van der Waals surface area contributed by atoms with Gasteiger partial charge < -0.3 is 10.2 Å². The van der Waals surface area contributed by atoms with Crippen LogP contribution in [0.25, 0.3) is 0 Å². The van der Waals surface area contributed by atoms with E-state index in [1.54, 1.807) is 18.3 Å². The number of rotatable bonds is 5. The standard InChI is InChI=1S/C13H16BrN3O2/c14-10-4-5-11(16-9-10)13(19)15-6-2-8-17-7-1-3-12(17)18/h4-5,9H,1-3,6-8H2,(H,15,19). The summed E-state index contributed by atoms with van der Waals surface area (Å²) in [6.45, 7) is 2.12. The molecule has 0 saturated carbocycles. The molecule has 1 aliphatic heterocycles. The quantitative estimate of drug-likeness (QED) is 0.836. The van der Waals surface area contributed by atoms with E-state index in [4.69, 9.17) is 0 Å². The van der Waals surface area contributed by atoms with Crippen LogP contribution in [0.4, 0.5) is 0 Å². The van der Waals surface area contributed by atoms with Gasteiger partial charge in [0.2, 0.25) is 5.91 Å². The SMILES string of the molecule is O=C(NCCCN1CCCC1=O)c1ccc(Br)cn1. The minimum atomic E-state index is -0.180. The van der Waals surface area contributed by atoms with E-state index in [1.807, 2.05) is 4.90 Å². The van der Waals surface area contributed by atoms with Crippen LogP contribution in [0.5, 0.6) is 0 Å². The van der Waals surface area contributed by atoms with Crippen LogP contribution in [-0.4, -0.2) is 41.3 Å². The fourth-order valence-corrected chi connectivity index (χ4v) is 2.25. The summed E-state index contributed by atoms with van der Waals surface area (Å²) in [4.78, 5) is 29.0. The van der Waals surface area contributed by atoms with Crippen molar-refractivity contribution in [3.63, 3.8) is 0 Å². The van der Waals surface area contributed by atoms with Crippen molar-refractivity contribution in [3.05, 3.63) is 28.5 Å². The van der Waals surface area contributed by atoms with E-state index in [-0.39, 0.29) is 11.8 Å². The van der Waals surface area contributed by atoms with Crippen molar-refractivity contribution in [3.8, 4) is 0 Å². The highest BCUT2D eigenvalue weighted by molar-refractivity contribution is 9.10. The maximum atomic E-state index is 11.7. The minimum absolute atomic E-state index is 0.180. The number of carbonyl (C=O) groups is 2. The van der Waals surface area contributed by atoms with Crippen molar-refractivity contribution < 1.29 is 9.59 Å². The molecule has 0 radical (unpaired) electrons. The van der Waals surface area contributed by atoms with Crippen LogP contribution in [0.3, 0.4) is 0 Å². The number of pyridine rings is 1. The normalized spacial score (nSPS) is 14.8. The summed E-state index contributed by atoms with van der Waals surface area (Å²) in [6, 6.07) is 3.45. The van der Waals surface area contributed by atoms with Gasteiger partial charge in [-0.25, -0.2) is 4.98 Å². The molecule has 0 atom stereocenters. The molecule has 1 fully saturated rings. The Labute approximate surface area is 120 Å².